The van der Waals surface area contributed by atoms with Crippen molar-refractivity contribution in [1.82, 2.24) is 9.97 Å². The maximum atomic E-state index is 11.8. The van der Waals surface area contributed by atoms with Gasteiger partial charge in [-0.3, -0.25) is 0 Å². The number of aromatic nitrogens is 2. The molecule has 0 spiro atoms. The number of nitrogens with two attached hydrogens (primary N) is 2. The van der Waals surface area contributed by atoms with E-state index in [4.69, 9.17) is 25.7 Å². The maximum absolute atomic E-state index is 11.8. The van der Waals surface area contributed by atoms with Gasteiger partial charge in [0.05, 0.1) is 23.9 Å². The highest BCUT2D eigenvalue weighted by Crippen LogP contribution is 2.41. The van der Waals surface area contributed by atoms with Gasteiger partial charge in [-0.15, -0.1) is 0 Å². The first-order valence-electron chi connectivity index (χ1n) is 7.86. The lowest BCUT2D eigenvalue weighted by atomic mass is 10.1. The van der Waals surface area contributed by atoms with E-state index in [9.17, 15) is 10.1 Å². The zero-order chi connectivity index (χ0) is 20.1. The number of benzene rings is 1. The summed E-state index contributed by atoms with van der Waals surface area (Å²) in [5.74, 6) is 0.0309. The van der Waals surface area contributed by atoms with Crippen LogP contribution in [0.1, 0.15) is 19.4 Å². The van der Waals surface area contributed by atoms with Gasteiger partial charge in [0.1, 0.15) is 17.5 Å². The first-order chi connectivity index (χ1) is 12.8. The summed E-state index contributed by atoms with van der Waals surface area (Å²) in [4.78, 5) is 19.7. The average molecular weight is 436 g/mol. The number of halogens is 1. The predicted molar refractivity (Wildman–Crippen MR) is 102 cm³/mol. The molecule has 27 heavy (non-hydrogen) atoms. The summed E-state index contributed by atoms with van der Waals surface area (Å²) in [6, 6.07) is 5.22. The summed E-state index contributed by atoms with van der Waals surface area (Å²) in [5, 5.41) is 9.36. The normalized spacial score (nSPS) is 11.4. The smallest absolute Gasteiger partial charge is 0.347 e. The molecule has 0 saturated carbocycles. The zero-order valence-electron chi connectivity index (χ0n) is 14.9. The molecule has 0 aliphatic rings. The molecule has 0 bridgehead atoms. The fourth-order valence-corrected chi connectivity index (χ4v) is 2.81. The van der Waals surface area contributed by atoms with Crippen LogP contribution >= 0.6 is 15.9 Å². The number of anilines is 2. The van der Waals surface area contributed by atoms with Gasteiger partial charge in [0.15, 0.2) is 17.6 Å². The average Bonchev–Trinajstić information content (AvgIpc) is 2.62. The third-order valence-corrected chi connectivity index (χ3v) is 4.07. The Bertz CT molecular complexity index is 913. The summed E-state index contributed by atoms with van der Waals surface area (Å²) >= 11 is 3.39. The van der Waals surface area contributed by atoms with Gasteiger partial charge in [-0.25, -0.2) is 9.78 Å². The van der Waals surface area contributed by atoms with Gasteiger partial charge in [0.2, 0.25) is 5.95 Å². The van der Waals surface area contributed by atoms with Crippen molar-refractivity contribution in [3.63, 3.8) is 0 Å². The third kappa shape index (κ3) is 4.38. The molecule has 1 aromatic carbocycles. The van der Waals surface area contributed by atoms with Crippen LogP contribution in [0, 0.1) is 11.3 Å². The van der Waals surface area contributed by atoms with Gasteiger partial charge >= 0.3 is 5.97 Å². The van der Waals surface area contributed by atoms with Gasteiger partial charge in [-0.2, -0.15) is 10.2 Å². The van der Waals surface area contributed by atoms with Gasteiger partial charge in [-0.05, 0) is 41.9 Å². The van der Waals surface area contributed by atoms with E-state index in [0.717, 1.165) is 0 Å². The molecule has 0 amide bonds. The second kappa shape index (κ2) is 8.55. The molecule has 4 N–H and O–H groups in total. The summed E-state index contributed by atoms with van der Waals surface area (Å²) < 4.78 is 16.5. The Morgan fingerprint density at radius 1 is 1.37 bits per heavy atom. The van der Waals surface area contributed by atoms with E-state index in [0.29, 0.717) is 21.5 Å². The molecule has 0 aliphatic heterocycles. The summed E-state index contributed by atoms with van der Waals surface area (Å²) in [5.41, 5.74) is 12.3. The first kappa shape index (κ1) is 20.3. The Kier molecular flexibility index (Phi) is 6.41. The van der Waals surface area contributed by atoms with Gasteiger partial charge in [0, 0.05) is 5.56 Å². The van der Waals surface area contributed by atoms with Crippen molar-refractivity contribution in [2.45, 2.75) is 20.0 Å². The number of ether oxygens (including phenoxy) is 3. The minimum atomic E-state index is -0.846. The lowest BCUT2D eigenvalue weighted by Crippen LogP contribution is -2.26. The van der Waals surface area contributed by atoms with Crippen molar-refractivity contribution < 1.29 is 19.0 Å². The van der Waals surface area contributed by atoms with Crippen molar-refractivity contribution in [1.29, 1.82) is 5.26 Å². The van der Waals surface area contributed by atoms with Crippen LogP contribution in [-0.4, -0.2) is 35.8 Å². The highest BCUT2D eigenvalue weighted by atomic mass is 79.9. The number of hydrogen-bond donors (Lipinski definition) is 2. The summed E-state index contributed by atoms with van der Waals surface area (Å²) in [7, 11) is 1.45. The van der Waals surface area contributed by atoms with Crippen LogP contribution in [0.15, 0.2) is 16.6 Å². The van der Waals surface area contributed by atoms with Crippen LogP contribution in [0.25, 0.3) is 11.3 Å². The van der Waals surface area contributed by atoms with Crippen molar-refractivity contribution in [3.05, 3.63) is 22.2 Å². The SMILES string of the molecule is CCOC(=O)C(C)Oc1c(Br)cc(-c2nc(N)nc(N)c2C#N)cc1OC. The van der Waals surface area contributed by atoms with E-state index in [1.54, 1.807) is 26.0 Å². The number of carbonyl (C=O) groups excluding carboxylic acids is 1. The van der Waals surface area contributed by atoms with Crippen LogP contribution in [0.3, 0.4) is 0 Å². The fourth-order valence-electron chi connectivity index (χ4n) is 2.27. The van der Waals surface area contributed by atoms with E-state index in [1.807, 2.05) is 6.07 Å². The fraction of sp³-hybridized carbons (Fsp3) is 0.294. The number of nitriles is 1. The molecule has 2 rings (SSSR count). The van der Waals surface area contributed by atoms with E-state index in [-0.39, 0.29) is 29.6 Å². The lowest BCUT2D eigenvalue weighted by Gasteiger charge is -2.18. The lowest BCUT2D eigenvalue weighted by molar-refractivity contribution is -0.150. The van der Waals surface area contributed by atoms with Crippen molar-refractivity contribution in [3.8, 4) is 28.8 Å². The molecule has 10 heteroatoms. The highest BCUT2D eigenvalue weighted by molar-refractivity contribution is 9.10. The molecule has 0 fully saturated rings. The van der Waals surface area contributed by atoms with E-state index in [1.165, 1.54) is 7.11 Å². The quantitative estimate of drug-likeness (QED) is 0.651. The Morgan fingerprint density at radius 3 is 2.67 bits per heavy atom. The van der Waals surface area contributed by atoms with Crippen molar-refractivity contribution in [2.24, 2.45) is 0 Å². The summed E-state index contributed by atoms with van der Waals surface area (Å²) in [6.07, 6.45) is -0.846. The molecule has 142 valence electrons. The second-order valence-electron chi connectivity index (χ2n) is 5.30. The minimum absolute atomic E-state index is 0.0219. The topological polar surface area (TPSA) is 146 Å². The Labute approximate surface area is 164 Å². The summed E-state index contributed by atoms with van der Waals surface area (Å²) in [6.45, 7) is 3.52. The monoisotopic (exact) mass is 435 g/mol. The van der Waals surface area contributed by atoms with Gasteiger partial charge in [0.25, 0.3) is 0 Å². The standard InChI is InChI=1S/C17H18BrN5O4/c1-4-26-16(24)8(2)27-14-11(18)5-9(6-12(14)25-3)13-10(7-19)15(20)23-17(21)22-13/h5-6,8H,4H2,1-3H3,(H4,20,21,22,23). The Morgan fingerprint density at radius 2 is 2.07 bits per heavy atom. The van der Waals surface area contributed by atoms with Crippen molar-refractivity contribution >= 4 is 33.7 Å². The van der Waals surface area contributed by atoms with Crippen LogP contribution in [0.4, 0.5) is 11.8 Å². The predicted octanol–water partition coefficient (Wildman–Crippen LogP) is 2.28. The minimum Gasteiger partial charge on any atom is -0.493 e. The molecule has 0 radical (unpaired) electrons. The number of esters is 1. The molecular weight excluding hydrogens is 418 g/mol. The molecule has 1 unspecified atom stereocenters. The molecule has 2 aromatic rings. The highest BCUT2D eigenvalue weighted by Gasteiger charge is 2.22. The Balaban J connectivity index is 2.52. The number of rotatable bonds is 6. The first-order valence-corrected chi connectivity index (χ1v) is 8.65. The van der Waals surface area contributed by atoms with E-state index >= 15 is 0 Å². The van der Waals surface area contributed by atoms with Gasteiger partial charge in [-0.1, -0.05) is 0 Å². The van der Waals surface area contributed by atoms with E-state index < -0.39 is 12.1 Å². The Hall–Kier alpha value is -3.06. The zero-order valence-corrected chi connectivity index (χ0v) is 16.5. The number of nitrogen functional groups attached to an aromatic ring is 2. The number of methoxy groups -OCH3 is 1. The maximum Gasteiger partial charge on any atom is 0.347 e. The molecular formula is C17H18BrN5O4. The largest absolute Gasteiger partial charge is 0.493 e. The van der Waals surface area contributed by atoms with Crippen LogP contribution in [0.5, 0.6) is 11.5 Å². The van der Waals surface area contributed by atoms with Gasteiger partial charge < -0.3 is 25.7 Å². The molecule has 1 aromatic heterocycles. The molecule has 1 atom stereocenters. The van der Waals surface area contributed by atoms with Crippen LogP contribution in [0.2, 0.25) is 0 Å². The van der Waals surface area contributed by atoms with Crippen molar-refractivity contribution in [2.75, 3.05) is 25.2 Å². The van der Waals surface area contributed by atoms with E-state index in [2.05, 4.69) is 25.9 Å². The molecule has 0 aliphatic carbocycles. The second-order valence-corrected chi connectivity index (χ2v) is 6.16. The molecule has 9 nitrogen and oxygen atoms in total. The van der Waals surface area contributed by atoms with Crippen LogP contribution in [-0.2, 0) is 9.53 Å². The number of nitrogens with zero attached hydrogens (tertiary/aromatic N) is 3. The molecule has 1 heterocycles. The third-order valence-electron chi connectivity index (χ3n) is 3.48. The van der Waals surface area contributed by atoms with Crippen LogP contribution < -0.4 is 20.9 Å². The number of hydrogen-bond acceptors (Lipinski definition) is 9. The molecule has 0 saturated heterocycles. The number of carbonyl (C=O) groups is 1.